The molecular weight excluding hydrogens is 286 g/mol. The molecule has 2 nitrogen and oxygen atoms in total. The van der Waals surface area contributed by atoms with E-state index in [0.29, 0.717) is 14.2 Å². The van der Waals surface area contributed by atoms with Crippen molar-refractivity contribution in [2.24, 2.45) is 0 Å². The molecule has 1 aliphatic rings. The Kier molecular flexibility index (Phi) is 4.22. The van der Waals surface area contributed by atoms with E-state index in [9.17, 15) is 4.79 Å². The van der Waals surface area contributed by atoms with Gasteiger partial charge in [-0.3, -0.25) is 4.79 Å². The number of rotatable bonds is 2. The number of hydrogen-bond donors (Lipinski definition) is 1. The van der Waals surface area contributed by atoms with Crippen LogP contribution in [0.15, 0.2) is 40.8 Å². The molecule has 1 amide bonds. The molecule has 0 radical (unpaired) electrons. The highest BCUT2D eigenvalue weighted by Gasteiger charge is 2.23. The predicted molar refractivity (Wildman–Crippen MR) is 81.5 cm³/mol. The molecule has 0 spiro atoms. The van der Waals surface area contributed by atoms with Crippen molar-refractivity contribution in [2.45, 2.75) is 6.92 Å². The summed E-state index contributed by atoms with van der Waals surface area (Å²) in [4.78, 5) is 12.2. The van der Waals surface area contributed by atoms with Crippen LogP contribution < -0.4 is 5.32 Å². The number of amides is 1. The van der Waals surface area contributed by atoms with E-state index in [1.165, 1.54) is 11.8 Å². The smallest absolute Gasteiger partial charge is 0.263 e. The van der Waals surface area contributed by atoms with Crippen LogP contribution >= 0.6 is 35.6 Å². The molecule has 2 rings (SSSR count). The number of hydrogen-bond acceptors (Lipinski definition) is 3. The number of carbonyl (C=O) groups is 1. The van der Waals surface area contributed by atoms with Gasteiger partial charge in [0.25, 0.3) is 5.91 Å². The van der Waals surface area contributed by atoms with Crippen LogP contribution in [-0.4, -0.2) is 10.2 Å². The van der Waals surface area contributed by atoms with Gasteiger partial charge >= 0.3 is 0 Å². The molecule has 18 heavy (non-hydrogen) atoms. The number of thiocarbonyl (C=S) groups is 1. The number of halogens is 1. The normalized spacial score (nSPS) is 18.3. The van der Waals surface area contributed by atoms with Crippen molar-refractivity contribution in [3.63, 3.8) is 0 Å². The highest BCUT2D eigenvalue weighted by atomic mass is 35.5. The molecule has 1 saturated heterocycles. The van der Waals surface area contributed by atoms with Crippen LogP contribution in [-0.2, 0) is 4.79 Å². The Bertz CT molecular complexity index is 561. The summed E-state index contributed by atoms with van der Waals surface area (Å²) in [7, 11) is 0. The largest absolute Gasteiger partial charge is 0.307 e. The van der Waals surface area contributed by atoms with Gasteiger partial charge < -0.3 is 5.32 Å². The molecular formula is C13H10ClNOS2. The molecule has 92 valence electrons. The van der Waals surface area contributed by atoms with E-state index in [1.807, 2.05) is 43.3 Å². The SMILES string of the molecule is CC(C=Cc1ccc(Cl)cc1)=C1SC(=S)NC1=O. The Morgan fingerprint density at radius 2 is 2.06 bits per heavy atom. The summed E-state index contributed by atoms with van der Waals surface area (Å²) < 4.78 is 0.509. The average molecular weight is 296 g/mol. The fraction of sp³-hybridized carbons (Fsp3) is 0.0769. The maximum Gasteiger partial charge on any atom is 0.263 e. The molecule has 0 aromatic heterocycles. The Balaban J connectivity index is 2.18. The van der Waals surface area contributed by atoms with Crippen LogP contribution in [0.5, 0.6) is 0 Å². The molecule has 0 bridgehead atoms. The number of thioether (sulfide) groups is 1. The van der Waals surface area contributed by atoms with Crippen LogP contribution in [0.4, 0.5) is 0 Å². The minimum atomic E-state index is -0.122. The maximum absolute atomic E-state index is 11.6. The van der Waals surface area contributed by atoms with E-state index in [1.54, 1.807) is 0 Å². The zero-order chi connectivity index (χ0) is 13.1. The van der Waals surface area contributed by atoms with Crippen molar-refractivity contribution < 1.29 is 4.79 Å². The molecule has 0 unspecified atom stereocenters. The van der Waals surface area contributed by atoms with Gasteiger partial charge in [-0.15, -0.1) is 0 Å². The summed E-state index contributed by atoms with van der Waals surface area (Å²) in [6.07, 6.45) is 3.84. The fourth-order valence-corrected chi connectivity index (χ4v) is 2.61. The van der Waals surface area contributed by atoms with Crippen molar-refractivity contribution in [1.82, 2.24) is 5.32 Å². The first-order valence-corrected chi connectivity index (χ1v) is 6.84. The fourth-order valence-electron chi connectivity index (χ4n) is 1.44. The minimum Gasteiger partial charge on any atom is -0.307 e. The van der Waals surface area contributed by atoms with Gasteiger partial charge in [0.1, 0.15) is 4.32 Å². The maximum atomic E-state index is 11.6. The van der Waals surface area contributed by atoms with Crippen LogP contribution in [0.3, 0.4) is 0 Å². The lowest BCUT2D eigenvalue weighted by Gasteiger charge is -1.97. The van der Waals surface area contributed by atoms with Crippen molar-refractivity contribution >= 4 is 51.9 Å². The molecule has 1 aliphatic heterocycles. The van der Waals surface area contributed by atoms with Crippen molar-refractivity contribution in [3.8, 4) is 0 Å². The monoisotopic (exact) mass is 295 g/mol. The highest BCUT2D eigenvalue weighted by Crippen LogP contribution is 2.27. The summed E-state index contributed by atoms with van der Waals surface area (Å²) in [6.45, 7) is 1.89. The third kappa shape index (κ3) is 3.22. The molecule has 1 aromatic rings. The van der Waals surface area contributed by atoms with E-state index in [2.05, 4.69) is 5.32 Å². The lowest BCUT2D eigenvalue weighted by Crippen LogP contribution is -2.18. The van der Waals surface area contributed by atoms with E-state index < -0.39 is 0 Å². The topological polar surface area (TPSA) is 29.1 Å². The third-order valence-electron chi connectivity index (χ3n) is 2.37. The van der Waals surface area contributed by atoms with E-state index in [0.717, 1.165) is 11.1 Å². The van der Waals surface area contributed by atoms with Gasteiger partial charge in [-0.1, -0.05) is 59.9 Å². The van der Waals surface area contributed by atoms with Gasteiger partial charge in [0.2, 0.25) is 0 Å². The first-order chi connectivity index (χ1) is 8.56. The van der Waals surface area contributed by atoms with Crippen LogP contribution in [0.25, 0.3) is 6.08 Å². The molecule has 0 atom stereocenters. The number of carbonyl (C=O) groups excluding carboxylic acids is 1. The number of allylic oxidation sites excluding steroid dienone is 2. The first-order valence-electron chi connectivity index (χ1n) is 5.24. The van der Waals surface area contributed by atoms with E-state index in [4.69, 9.17) is 23.8 Å². The highest BCUT2D eigenvalue weighted by molar-refractivity contribution is 8.26. The Morgan fingerprint density at radius 3 is 2.61 bits per heavy atom. The summed E-state index contributed by atoms with van der Waals surface area (Å²) in [5.41, 5.74) is 1.93. The van der Waals surface area contributed by atoms with Crippen LogP contribution in [0, 0.1) is 0 Å². The van der Waals surface area contributed by atoms with Gasteiger partial charge in [0.05, 0.1) is 4.91 Å². The molecule has 0 saturated carbocycles. The Morgan fingerprint density at radius 1 is 1.39 bits per heavy atom. The summed E-state index contributed by atoms with van der Waals surface area (Å²) >= 11 is 12.0. The van der Waals surface area contributed by atoms with Crippen LogP contribution in [0.2, 0.25) is 5.02 Å². The lowest BCUT2D eigenvalue weighted by atomic mass is 10.1. The molecule has 5 heteroatoms. The summed E-state index contributed by atoms with van der Waals surface area (Å²) in [5.74, 6) is -0.122. The first kappa shape index (κ1) is 13.3. The zero-order valence-electron chi connectivity index (χ0n) is 9.57. The molecule has 0 aliphatic carbocycles. The molecule has 1 heterocycles. The standard InChI is InChI=1S/C13H10ClNOS2/c1-8(11-12(16)15-13(17)18-11)2-3-9-4-6-10(14)7-5-9/h2-7H,1H3,(H,15,16,17). The van der Waals surface area contributed by atoms with Crippen molar-refractivity contribution in [2.75, 3.05) is 0 Å². The van der Waals surface area contributed by atoms with Gasteiger partial charge in [-0.25, -0.2) is 0 Å². The Labute approximate surface area is 120 Å². The molecule has 1 N–H and O–H groups in total. The number of nitrogens with one attached hydrogen (secondary N) is 1. The second kappa shape index (κ2) is 5.69. The second-order valence-corrected chi connectivity index (χ2v) is 5.86. The van der Waals surface area contributed by atoms with E-state index in [-0.39, 0.29) is 5.91 Å². The quantitative estimate of drug-likeness (QED) is 0.665. The number of benzene rings is 1. The predicted octanol–water partition coefficient (Wildman–Crippen LogP) is 3.78. The van der Waals surface area contributed by atoms with Crippen LogP contribution in [0.1, 0.15) is 12.5 Å². The average Bonchev–Trinajstić information content (AvgIpc) is 2.67. The van der Waals surface area contributed by atoms with Crippen molar-refractivity contribution in [3.05, 3.63) is 51.4 Å². The molecule has 1 fully saturated rings. The second-order valence-electron chi connectivity index (χ2n) is 3.74. The summed E-state index contributed by atoms with van der Waals surface area (Å²) in [6, 6.07) is 7.50. The van der Waals surface area contributed by atoms with Gasteiger partial charge in [0.15, 0.2) is 0 Å². The Hall–Kier alpha value is -1.10. The lowest BCUT2D eigenvalue weighted by molar-refractivity contribution is -0.115. The zero-order valence-corrected chi connectivity index (χ0v) is 12.0. The molecule has 1 aromatic carbocycles. The van der Waals surface area contributed by atoms with Crippen molar-refractivity contribution in [1.29, 1.82) is 0 Å². The third-order valence-corrected chi connectivity index (χ3v) is 3.97. The van der Waals surface area contributed by atoms with Gasteiger partial charge in [-0.05, 0) is 30.2 Å². The van der Waals surface area contributed by atoms with Gasteiger partial charge in [-0.2, -0.15) is 0 Å². The minimum absolute atomic E-state index is 0.122. The van der Waals surface area contributed by atoms with E-state index >= 15 is 0 Å². The summed E-state index contributed by atoms with van der Waals surface area (Å²) in [5, 5.41) is 3.31. The van der Waals surface area contributed by atoms with Gasteiger partial charge in [0, 0.05) is 5.02 Å².